The van der Waals surface area contributed by atoms with Gasteiger partial charge in [0, 0.05) is 31.8 Å². The summed E-state index contributed by atoms with van der Waals surface area (Å²) in [7, 11) is 0. The molecule has 6 nitrogen and oxygen atoms in total. The monoisotopic (exact) mass is 300 g/mol. The second-order valence-electron chi connectivity index (χ2n) is 5.55. The molecule has 6 heteroatoms. The average Bonchev–Trinajstić information content (AvgIpc) is 3.21. The molecule has 1 amide bonds. The van der Waals surface area contributed by atoms with E-state index in [4.69, 9.17) is 0 Å². The van der Waals surface area contributed by atoms with Crippen LogP contribution in [0.1, 0.15) is 29.4 Å². The fraction of sp³-hybridized carbons (Fsp3) is 0.438. The summed E-state index contributed by atoms with van der Waals surface area (Å²) in [5.74, 6) is 0.905. The zero-order valence-corrected chi connectivity index (χ0v) is 12.6. The quantitative estimate of drug-likeness (QED) is 0.923. The number of aromatic nitrogens is 3. The van der Waals surface area contributed by atoms with Gasteiger partial charge in [0.2, 0.25) is 0 Å². The number of nitrogens with zero attached hydrogens (tertiary/aromatic N) is 4. The smallest absolute Gasteiger partial charge is 0.257 e. The summed E-state index contributed by atoms with van der Waals surface area (Å²) in [6, 6.07) is 5.62. The van der Waals surface area contributed by atoms with E-state index >= 15 is 0 Å². The lowest BCUT2D eigenvalue weighted by Crippen LogP contribution is -2.29. The first kappa shape index (κ1) is 14.7. The standard InChI is InChI=1S/C16H20N4O2/c1-2-14-13(16(22)19-8-6-12(10-19)11-21)9-18-20(14)15-5-3-4-7-17-15/h3-5,7,9,12,21H,2,6,8,10-11H2,1H3. The van der Waals surface area contributed by atoms with Crippen molar-refractivity contribution in [2.45, 2.75) is 19.8 Å². The number of rotatable bonds is 4. The fourth-order valence-electron chi connectivity index (χ4n) is 2.91. The molecule has 2 aromatic heterocycles. The van der Waals surface area contributed by atoms with Crippen LogP contribution in [0, 0.1) is 5.92 Å². The first-order chi connectivity index (χ1) is 10.7. The van der Waals surface area contributed by atoms with E-state index < -0.39 is 0 Å². The van der Waals surface area contributed by atoms with Crippen molar-refractivity contribution in [3.63, 3.8) is 0 Å². The summed E-state index contributed by atoms with van der Waals surface area (Å²) in [4.78, 5) is 18.8. The summed E-state index contributed by atoms with van der Waals surface area (Å²) in [5, 5.41) is 13.6. The van der Waals surface area contributed by atoms with Gasteiger partial charge < -0.3 is 10.0 Å². The lowest BCUT2D eigenvalue weighted by atomic mass is 10.1. The van der Waals surface area contributed by atoms with Gasteiger partial charge in [0.15, 0.2) is 5.82 Å². The van der Waals surface area contributed by atoms with E-state index in [1.165, 1.54) is 0 Å². The van der Waals surface area contributed by atoms with Crippen molar-refractivity contribution in [3.8, 4) is 5.82 Å². The highest BCUT2D eigenvalue weighted by Crippen LogP contribution is 2.21. The number of hydrogen-bond donors (Lipinski definition) is 1. The van der Waals surface area contributed by atoms with Crippen LogP contribution in [0.5, 0.6) is 0 Å². The number of aliphatic hydroxyl groups is 1. The number of aliphatic hydroxyl groups excluding tert-OH is 1. The topological polar surface area (TPSA) is 71.2 Å². The van der Waals surface area contributed by atoms with Crippen LogP contribution in [0.4, 0.5) is 0 Å². The number of amides is 1. The van der Waals surface area contributed by atoms with Crippen LogP contribution in [0.2, 0.25) is 0 Å². The summed E-state index contributed by atoms with van der Waals surface area (Å²) in [6.45, 7) is 3.46. The second kappa shape index (κ2) is 6.27. The van der Waals surface area contributed by atoms with Crippen LogP contribution in [0.15, 0.2) is 30.6 Å². The van der Waals surface area contributed by atoms with Gasteiger partial charge in [-0.25, -0.2) is 9.67 Å². The van der Waals surface area contributed by atoms with Gasteiger partial charge in [-0.2, -0.15) is 5.10 Å². The first-order valence-corrected chi connectivity index (χ1v) is 7.63. The molecule has 1 saturated heterocycles. The Labute approximate surface area is 129 Å². The lowest BCUT2D eigenvalue weighted by Gasteiger charge is -2.16. The average molecular weight is 300 g/mol. The van der Waals surface area contributed by atoms with Crippen molar-refractivity contribution < 1.29 is 9.90 Å². The van der Waals surface area contributed by atoms with E-state index in [1.54, 1.807) is 22.0 Å². The number of hydrogen-bond acceptors (Lipinski definition) is 4. The van der Waals surface area contributed by atoms with Crippen molar-refractivity contribution in [1.82, 2.24) is 19.7 Å². The van der Waals surface area contributed by atoms with Gasteiger partial charge >= 0.3 is 0 Å². The van der Waals surface area contributed by atoms with Gasteiger partial charge in [-0.15, -0.1) is 0 Å². The molecule has 2 aromatic rings. The van der Waals surface area contributed by atoms with E-state index in [0.29, 0.717) is 30.9 Å². The van der Waals surface area contributed by atoms with Gasteiger partial charge in [-0.3, -0.25) is 4.79 Å². The highest BCUT2D eigenvalue weighted by Gasteiger charge is 2.29. The number of carbonyl (C=O) groups excluding carboxylic acids is 1. The molecule has 1 aliphatic rings. The van der Waals surface area contributed by atoms with Crippen LogP contribution in [-0.4, -0.2) is 50.4 Å². The van der Waals surface area contributed by atoms with Crippen molar-refractivity contribution in [2.24, 2.45) is 5.92 Å². The highest BCUT2D eigenvalue weighted by molar-refractivity contribution is 5.95. The summed E-state index contributed by atoms with van der Waals surface area (Å²) < 4.78 is 1.73. The second-order valence-corrected chi connectivity index (χ2v) is 5.55. The third kappa shape index (κ3) is 2.62. The zero-order valence-electron chi connectivity index (χ0n) is 12.6. The molecule has 1 aliphatic heterocycles. The first-order valence-electron chi connectivity index (χ1n) is 7.63. The number of likely N-dealkylation sites (tertiary alicyclic amines) is 1. The molecule has 22 heavy (non-hydrogen) atoms. The van der Waals surface area contributed by atoms with Crippen LogP contribution < -0.4 is 0 Å². The molecular weight excluding hydrogens is 280 g/mol. The van der Waals surface area contributed by atoms with Crippen molar-refractivity contribution >= 4 is 5.91 Å². The maximum Gasteiger partial charge on any atom is 0.257 e. The van der Waals surface area contributed by atoms with Crippen molar-refractivity contribution in [2.75, 3.05) is 19.7 Å². The highest BCUT2D eigenvalue weighted by atomic mass is 16.3. The van der Waals surface area contributed by atoms with E-state index in [0.717, 1.165) is 12.1 Å². The molecule has 0 radical (unpaired) electrons. The Bertz CT molecular complexity index is 653. The minimum Gasteiger partial charge on any atom is -0.396 e. The molecule has 3 rings (SSSR count). The molecule has 3 heterocycles. The predicted molar refractivity (Wildman–Crippen MR) is 81.8 cm³/mol. The molecule has 0 aliphatic carbocycles. The molecular formula is C16H20N4O2. The van der Waals surface area contributed by atoms with Crippen molar-refractivity contribution in [1.29, 1.82) is 0 Å². The predicted octanol–water partition coefficient (Wildman–Crippen LogP) is 1.28. The van der Waals surface area contributed by atoms with E-state index in [-0.39, 0.29) is 18.4 Å². The summed E-state index contributed by atoms with van der Waals surface area (Å²) >= 11 is 0. The van der Waals surface area contributed by atoms with Gasteiger partial charge in [0.05, 0.1) is 17.5 Å². The fourth-order valence-corrected chi connectivity index (χ4v) is 2.91. The Morgan fingerprint density at radius 1 is 1.45 bits per heavy atom. The van der Waals surface area contributed by atoms with Crippen molar-refractivity contribution in [3.05, 3.63) is 41.9 Å². The molecule has 1 fully saturated rings. The Kier molecular flexibility index (Phi) is 4.20. The lowest BCUT2D eigenvalue weighted by molar-refractivity contribution is 0.0781. The largest absolute Gasteiger partial charge is 0.396 e. The van der Waals surface area contributed by atoms with E-state index in [9.17, 15) is 9.90 Å². The van der Waals surface area contributed by atoms with Crippen LogP contribution in [-0.2, 0) is 6.42 Å². The van der Waals surface area contributed by atoms with E-state index in [2.05, 4.69) is 10.1 Å². The third-order valence-electron chi connectivity index (χ3n) is 4.13. The molecule has 116 valence electrons. The molecule has 1 N–H and O–H groups in total. The Morgan fingerprint density at radius 2 is 2.32 bits per heavy atom. The maximum absolute atomic E-state index is 12.7. The molecule has 0 bridgehead atoms. The van der Waals surface area contributed by atoms with Crippen LogP contribution in [0.25, 0.3) is 5.82 Å². The summed E-state index contributed by atoms with van der Waals surface area (Å²) in [6.07, 6.45) is 4.90. The van der Waals surface area contributed by atoms with Gasteiger partial charge in [0.25, 0.3) is 5.91 Å². The van der Waals surface area contributed by atoms with E-state index in [1.807, 2.05) is 25.1 Å². The number of carbonyl (C=O) groups is 1. The summed E-state index contributed by atoms with van der Waals surface area (Å²) in [5.41, 5.74) is 1.50. The van der Waals surface area contributed by atoms with Gasteiger partial charge in [0.1, 0.15) is 0 Å². The normalized spacial score (nSPS) is 17.9. The Morgan fingerprint density at radius 3 is 2.95 bits per heavy atom. The molecule has 0 spiro atoms. The molecule has 0 saturated carbocycles. The van der Waals surface area contributed by atoms with Gasteiger partial charge in [-0.1, -0.05) is 13.0 Å². The maximum atomic E-state index is 12.7. The number of pyridine rings is 1. The Hall–Kier alpha value is -2.21. The SMILES string of the molecule is CCc1c(C(=O)N2CCC(CO)C2)cnn1-c1ccccn1. The van der Waals surface area contributed by atoms with Crippen LogP contribution >= 0.6 is 0 Å². The third-order valence-corrected chi connectivity index (χ3v) is 4.13. The minimum atomic E-state index is -0.00465. The Balaban J connectivity index is 1.89. The molecule has 1 unspecified atom stereocenters. The molecule has 1 atom stereocenters. The zero-order chi connectivity index (χ0) is 15.5. The molecule has 0 aromatic carbocycles. The van der Waals surface area contributed by atoms with Crippen LogP contribution in [0.3, 0.4) is 0 Å². The minimum absolute atomic E-state index is 0.00465. The van der Waals surface area contributed by atoms with Gasteiger partial charge in [-0.05, 0) is 25.0 Å².